The van der Waals surface area contributed by atoms with Crippen LogP contribution in [0.15, 0.2) is 24.3 Å². The minimum Gasteiger partial charge on any atom is -0.486 e. The zero-order valence-corrected chi connectivity index (χ0v) is 15.8. The van der Waals surface area contributed by atoms with Gasteiger partial charge >= 0.3 is 0 Å². The Morgan fingerprint density at radius 3 is 2.38 bits per heavy atom. The number of amides is 1. The molecule has 1 saturated heterocycles. The van der Waals surface area contributed by atoms with Gasteiger partial charge in [-0.2, -0.15) is 0 Å². The molecule has 1 heterocycles. The highest BCUT2D eigenvalue weighted by atomic mass is 32.2. The average molecular weight is 382 g/mol. The van der Waals surface area contributed by atoms with Gasteiger partial charge in [-0.3, -0.25) is 4.79 Å². The lowest BCUT2D eigenvalue weighted by molar-refractivity contribution is -0.113. The Hall–Kier alpha value is -1.64. The average Bonchev–Trinajstić information content (AvgIpc) is 2.54. The van der Waals surface area contributed by atoms with Gasteiger partial charge in [0.1, 0.15) is 17.6 Å². The van der Waals surface area contributed by atoms with Gasteiger partial charge in [-0.05, 0) is 55.9 Å². The van der Waals surface area contributed by atoms with Gasteiger partial charge in [0.2, 0.25) is 15.9 Å². The fourth-order valence-electron chi connectivity index (χ4n) is 3.13. The molecule has 26 heavy (non-hydrogen) atoms. The second kappa shape index (κ2) is 8.37. The van der Waals surface area contributed by atoms with E-state index in [1.807, 2.05) is 0 Å². The van der Waals surface area contributed by atoms with Crippen LogP contribution in [0.25, 0.3) is 0 Å². The first kappa shape index (κ1) is 19.1. The van der Waals surface area contributed by atoms with Crippen molar-refractivity contribution < 1.29 is 22.7 Å². The van der Waals surface area contributed by atoms with E-state index in [0.717, 1.165) is 25.7 Å². The fraction of sp³-hybridized carbons (Fsp3) is 0.611. The smallest absolute Gasteiger partial charge is 0.240 e. The second-order valence-electron chi connectivity index (χ2n) is 7.18. The SMILES string of the molecule is CC1CCC(NS(=O)(=O)CC(=O)Nc2ccc(OC3COC3)cc2)CC1. The lowest BCUT2D eigenvalue weighted by Gasteiger charge is -2.26. The molecule has 0 spiro atoms. The van der Waals surface area contributed by atoms with Crippen LogP contribution in [0.4, 0.5) is 5.69 Å². The van der Waals surface area contributed by atoms with Gasteiger partial charge in [0.05, 0.1) is 13.2 Å². The minimum atomic E-state index is -3.64. The topological polar surface area (TPSA) is 93.7 Å². The molecule has 0 aromatic heterocycles. The van der Waals surface area contributed by atoms with Crippen molar-refractivity contribution in [1.82, 2.24) is 4.72 Å². The number of sulfonamides is 1. The van der Waals surface area contributed by atoms with Crippen molar-refractivity contribution in [2.75, 3.05) is 24.3 Å². The molecule has 2 aliphatic rings. The quantitative estimate of drug-likeness (QED) is 0.751. The Labute approximate surface area is 154 Å². The second-order valence-corrected chi connectivity index (χ2v) is 8.94. The zero-order chi connectivity index (χ0) is 18.6. The van der Waals surface area contributed by atoms with E-state index in [9.17, 15) is 13.2 Å². The number of nitrogens with one attached hydrogen (secondary N) is 2. The predicted molar refractivity (Wildman–Crippen MR) is 98.6 cm³/mol. The summed E-state index contributed by atoms with van der Waals surface area (Å²) >= 11 is 0. The maximum absolute atomic E-state index is 12.2. The van der Waals surface area contributed by atoms with Crippen molar-refractivity contribution in [3.05, 3.63) is 24.3 Å². The van der Waals surface area contributed by atoms with E-state index in [1.54, 1.807) is 24.3 Å². The Balaban J connectivity index is 1.46. The summed E-state index contributed by atoms with van der Waals surface area (Å²) in [5.74, 6) is 0.208. The molecule has 1 aliphatic carbocycles. The van der Waals surface area contributed by atoms with Gasteiger partial charge in [-0.15, -0.1) is 0 Å². The van der Waals surface area contributed by atoms with Gasteiger partial charge < -0.3 is 14.8 Å². The van der Waals surface area contributed by atoms with Crippen molar-refractivity contribution in [3.63, 3.8) is 0 Å². The van der Waals surface area contributed by atoms with Crippen molar-refractivity contribution >= 4 is 21.6 Å². The summed E-state index contributed by atoms with van der Waals surface area (Å²) in [7, 11) is -3.64. The molecule has 144 valence electrons. The summed E-state index contributed by atoms with van der Waals surface area (Å²) in [6.45, 7) is 3.35. The molecular weight excluding hydrogens is 356 g/mol. The number of benzene rings is 1. The standard InChI is InChI=1S/C18H26N2O5S/c1-13-2-4-15(5-3-13)20-26(22,23)12-18(21)19-14-6-8-16(9-7-14)25-17-10-24-11-17/h6-9,13,15,17,20H,2-5,10-12H2,1H3,(H,19,21). The Morgan fingerprint density at radius 2 is 1.81 bits per heavy atom. The molecule has 7 nitrogen and oxygen atoms in total. The predicted octanol–water partition coefficient (Wildman–Crippen LogP) is 1.90. The van der Waals surface area contributed by atoms with Gasteiger partial charge in [-0.25, -0.2) is 13.1 Å². The van der Waals surface area contributed by atoms with Crippen LogP contribution in [0.5, 0.6) is 5.75 Å². The summed E-state index contributed by atoms with van der Waals surface area (Å²) in [4.78, 5) is 12.1. The summed E-state index contributed by atoms with van der Waals surface area (Å²) in [5, 5.41) is 2.61. The molecule has 8 heteroatoms. The van der Waals surface area contributed by atoms with E-state index in [1.165, 1.54) is 0 Å². The van der Waals surface area contributed by atoms with Crippen LogP contribution in [-0.4, -0.2) is 45.4 Å². The highest BCUT2D eigenvalue weighted by Gasteiger charge is 2.25. The number of hydrogen-bond acceptors (Lipinski definition) is 5. The molecule has 0 bridgehead atoms. The van der Waals surface area contributed by atoms with Crippen LogP contribution in [0.2, 0.25) is 0 Å². The first-order valence-electron chi connectivity index (χ1n) is 9.04. The number of carbonyl (C=O) groups excluding carboxylic acids is 1. The van der Waals surface area contributed by atoms with Gasteiger partial charge in [0.25, 0.3) is 0 Å². The first-order chi connectivity index (χ1) is 12.4. The van der Waals surface area contributed by atoms with E-state index in [-0.39, 0.29) is 12.1 Å². The number of ether oxygens (including phenoxy) is 2. The van der Waals surface area contributed by atoms with E-state index < -0.39 is 21.7 Å². The minimum absolute atomic E-state index is 0.0593. The highest BCUT2D eigenvalue weighted by molar-refractivity contribution is 7.90. The van der Waals surface area contributed by atoms with Crippen molar-refractivity contribution in [2.45, 2.75) is 44.8 Å². The van der Waals surface area contributed by atoms with E-state index >= 15 is 0 Å². The summed E-state index contributed by atoms with van der Waals surface area (Å²) < 4.78 is 37.7. The maximum atomic E-state index is 12.2. The van der Waals surface area contributed by atoms with Gasteiger partial charge in [0.15, 0.2) is 0 Å². The highest BCUT2D eigenvalue weighted by Crippen LogP contribution is 2.24. The molecular formula is C18H26N2O5S. The first-order valence-corrected chi connectivity index (χ1v) is 10.7. The molecule has 2 fully saturated rings. The zero-order valence-electron chi connectivity index (χ0n) is 14.9. The number of hydrogen-bond donors (Lipinski definition) is 2. The normalized spacial score (nSPS) is 23.9. The van der Waals surface area contributed by atoms with Crippen LogP contribution in [-0.2, 0) is 19.6 Å². The van der Waals surface area contributed by atoms with Crippen LogP contribution < -0.4 is 14.8 Å². The summed E-state index contributed by atoms with van der Waals surface area (Å²) in [5.41, 5.74) is 0.536. The fourth-order valence-corrected chi connectivity index (χ4v) is 4.38. The Morgan fingerprint density at radius 1 is 1.15 bits per heavy atom. The van der Waals surface area contributed by atoms with Crippen LogP contribution >= 0.6 is 0 Å². The van der Waals surface area contributed by atoms with E-state index in [2.05, 4.69) is 17.0 Å². The van der Waals surface area contributed by atoms with Crippen molar-refractivity contribution in [1.29, 1.82) is 0 Å². The molecule has 1 amide bonds. The molecule has 0 unspecified atom stereocenters. The van der Waals surface area contributed by atoms with Gasteiger partial charge in [0, 0.05) is 11.7 Å². The third-order valence-corrected chi connectivity index (χ3v) is 6.07. The molecule has 1 aromatic rings. The third kappa shape index (κ3) is 5.69. The van der Waals surface area contributed by atoms with E-state index in [0.29, 0.717) is 30.6 Å². The summed E-state index contributed by atoms with van der Waals surface area (Å²) in [6, 6.07) is 6.80. The van der Waals surface area contributed by atoms with Crippen LogP contribution in [0.3, 0.4) is 0 Å². The van der Waals surface area contributed by atoms with Crippen LogP contribution in [0, 0.1) is 5.92 Å². The number of rotatable bonds is 7. The van der Waals surface area contributed by atoms with Crippen LogP contribution in [0.1, 0.15) is 32.6 Å². The van der Waals surface area contributed by atoms with Crippen molar-refractivity contribution in [2.24, 2.45) is 5.92 Å². The summed E-state index contributed by atoms with van der Waals surface area (Å²) in [6.07, 6.45) is 3.77. The molecule has 1 aliphatic heterocycles. The molecule has 0 atom stereocenters. The lowest BCUT2D eigenvalue weighted by atomic mass is 9.88. The van der Waals surface area contributed by atoms with Crippen molar-refractivity contribution in [3.8, 4) is 5.75 Å². The van der Waals surface area contributed by atoms with E-state index in [4.69, 9.17) is 9.47 Å². The monoisotopic (exact) mass is 382 g/mol. The number of carbonyl (C=O) groups is 1. The molecule has 2 N–H and O–H groups in total. The third-order valence-electron chi connectivity index (χ3n) is 4.73. The molecule has 3 rings (SSSR count). The Bertz CT molecular complexity index is 708. The lowest BCUT2D eigenvalue weighted by Crippen LogP contribution is -2.41. The Kier molecular flexibility index (Phi) is 6.16. The number of anilines is 1. The molecule has 1 aromatic carbocycles. The maximum Gasteiger partial charge on any atom is 0.240 e. The molecule has 1 saturated carbocycles. The molecule has 0 radical (unpaired) electrons. The largest absolute Gasteiger partial charge is 0.486 e. The van der Waals surface area contributed by atoms with Gasteiger partial charge in [-0.1, -0.05) is 6.92 Å².